The molecule has 0 spiro atoms. The summed E-state index contributed by atoms with van der Waals surface area (Å²) in [5.74, 6) is 0.0737. The van der Waals surface area contributed by atoms with Crippen LogP contribution in [-0.4, -0.2) is 48.4 Å². The predicted octanol–water partition coefficient (Wildman–Crippen LogP) is 2.60. The van der Waals surface area contributed by atoms with Gasteiger partial charge in [0.15, 0.2) is 5.76 Å². The molecule has 1 N–H and O–H groups in total. The number of aryl methyl sites for hydroxylation is 2. The van der Waals surface area contributed by atoms with Crippen LogP contribution in [0.25, 0.3) is 10.9 Å². The van der Waals surface area contributed by atoms with E-state index in [-0.39, 0.29) is 16.7 Å². The molecular formula is C22H26N4O4S. The first-order valence-corrected chi connectivity index (χ1v) is 11.9. The number of hydrogen-bond donors (Lipinski definition) is 1. The molecule has 8 nitrogen and oxygen atoms in total. The molecule has 0 radical (unpaired) electrons. The molecule has 2 aromatic heterocycles. The molecule has 9 heteroatoms. The highest BCUT2D eigenvalue weighted by Crippen LogP contribution is 2.27. The molecule has 1 aliphatic heterocycles. The van der Waals surface area contributed by atoms with Crippen LogP contribution in [0, 0.1) is 19.8 Å². The van der Waals surface area contributed by atoms with Crippen molar-refractivity contribution in [3.63, 3.8) is 0 Å². The maximum absolute atomic E-state index is 12.9. The van der Waals surface area contributed by atoms with Gasteiger partial charge in [-0.3, -0.25) is 9.78 Å². The third-order valence-electron chi connectivity index (χ3n) is 5.80. The minimum absolute atomic E-state index is 0.0254. The summed E-state index contributed by atoms with van der Waals surface area (Å²) < 4.78 is 32.3. The average molecular weight is 443 g/mol. The van der Waals surface area contributed by atoms with E-state index in [0.717, 1.165) is 16.5 Å². The van der Waals surface area contributed by atoms with Crippen molar-refractivity contribution in [3.05, 3.63) is 53.5 Å². The predicted molar refractivity (Wildman–Crippen MR) is 116 cm³/mol. The van der Waals surface area contributed by atoms with Gasteiger partial charge >= 0.3 is 0 Å². The summed E-state index contributed by atoms with van der Waals surface area (Å²) in [5.41, 5.74) is 2.41. The first-order chi connectivity index (χ1) is 14.9. The standard InChI is InChI=1S/C22H26N4O4S/c1-15-21(16(2)30-25-15)31(28,29)26-13-9-19(10-14-26)22(27)24-12-8-18-6-3-5-17-7-4-11-23-20(17)18/h3-7,11,19H,8-10,12-14H2,1-2H3,(H,24,27). The number of benzene rings is 1. The number of piperidine rings is 1. The zero-order chi connectivity index (χ0) is 22.0. The minimum atomic E-state index is -3.66. The van der Waals surface area contributed by atoms with Crippen molar-refractivity contribution in [1.82, 2.24) is 19.8 Å². The number of hydrogen-bond acceptors (Lipinski definition) is 6. The Balaban J connectivity index is 1.31. The molecule has 3 aromatic rings. The Hall–Kier alpha value is -2.78. The van der Waals surface area contributed by atoms with E-state index < -0.39 is 10.0 Å². The quantitative estimate of drug-likeness (QED) is 0.629. The van der Waals surface area contributed by atoms with Crippen LogP contribution in [-0.2, 0) is 21.2 Å². The average Bonchev–Trinajstić information content (AvgIpc) is 3.12. The van der Waals surface area contributed by atoms with E-state index in [2.05, 4.69) is 15.5 Å². The number of pyridine rings is 1. The summed E-state index contributed by atoms with van der Waals surface area (Å²) in [7, 11) is -3.66. The van der Waals surface area contributed by atoms with Gasteiger partial charge in [0.05, 0.1) is 5.52 Å². The van der Waals surface area contributed by atoms with Crippen LogP contribution in [0.2, 0.25) is 0 Å². The number of carbonyl (C=O) groups excluding carboxylic acids is 1. The lowest BCUT2D eigenvalue weighted by atomic mass is 9.97. The molecule has 164 valence electrons. The van der Waals surface area contributed by atoms with Gasteiger partial charge in [0.2, 0.25) is 15.9 Å². The molecule has 0 saturated carbocycles. The Morgan fingerprint density at radius 2 is 1.94 bits per heavy atom. The number of amides is 1. The van der Waals surface area contributed by atoms with Crippen molar-refractivity contribution in [2.45, 2.75) is 38.0 Å². The van der Waals surface area contributed by atoms with E-state index in [1.165, 1.54) is 4.31 Å². The normalized spacial score (nSPS) is 15.9. The molecule has 1 aromatic carbocycles. The molecule has 1 saturated heterocycles. The maximum Gasteiger partial charge on any atom is 0.248 e. The zero-order valence-corrected chi connectivity index (χ0v) is 18.5. The van der Waals surface area contributed by atoms with Crippen molar-refractivity contribution in [1.29, 1.82) is 0 Å². The summed E-state index contributed by atoms with van der Waals surface area (Å²) >= 11 is 0. The number of carbonyl (C=O) groups is 1. The lowest BCUT2D eigenvalue weighted by Crippen LogP contribution is -2.43. The third kappa shape index (κ3) is 4.33. The lowest BCUT2D eigenvalue weighted by molar-refractivity contribution is -0.126. The first-order valence-electron chi connectivity index (χ1n) is 10.4. The number of aromatic nitrogens is 2. The van der Waals surface area contributed by atoms with Crippen LogP contribution >= 0.6 is 0 Å². The summed E-state index contributed by atoms with van der Waals surface area (Å²) in [5, 5.41) is 7.84. The molecular weight excluding hydrogens is 416 g/mol. The van der Waals surface area contributed by atoms with Gasteiger partial charge in [0, 0.05) is 37.1 Å². The second kappa shape index (κ2) is 8.76. The molecule has 1 aliphatic rings. The highest BCUT2D eigenvalue weighted by atomic mass is 32.2. The number of fused-ring (bicyclic) bond motifs is 1. The van der Waals surface area contributed by atoms with E-state index in [4.69, 9.17) is 4.52 Å². The fourth-order valence-electron chi connectivity index (χ4n) is 4.16. The molecule has 0 atom stereocenters. The maximum atomic E-state index is 12.9. The fraction of sp³-hybridized carbons (Fsp3) is 0.409. The van der Waals surface area contributed by atoms with Crippen LogP contribution in [0.5, 0.6) is 0 Å². The van der Waals surface area contributed by atoms with Crippen molar-refractivity contribution in [2.24, 2.45) is 5.92 Å². The van der Waals surface area contributed by atoms with E-state index in [0.29, 0.717) is 50.4 Å². The Kier molecular flexibility index (Phi) is 6.06. The van der Waals surface area contributed by atoms with E-state index in [9.17, 15) is 13.2 Å². The monoisotopic (exact) mass is 442 g/mol. The SMILES string of the molecule is Cc1noc(C)c1S(=O)(=O)N1CCC(C(=O)NCCc2cccc3cccnc23)CC1. The summed E-state index contributed by atoms with van der Waals surface area (Å²) in [4.78, 5) is 17.2. The molecule has 3 heterocycles. The number of para-hydroxylation sites is 1. The highest BCUT2D eigenvalue weighted by Gasteiger charge is 2.35. The number of nitrogens with one attached hydrogen (secondary N) is 1. The minimum Gasteiger partial charge on any atom is -0.360 e. The topological polar surface area (TPSA) is 105 Å². The molecule has 1 amide bonds. The van der Waals surface area contributed by atoms with Gasteiger partial charge in [0.25, 0.3) is 0 Å². The molecule has 1 fully saturated rings. The summed E-state index contributed by atoms with van der Waals surface area (Å²) in [6.45, 7) is 4.34. The Bertz CT molecular complexity index is 1170. The highest BCUT2D eigenvalue weighted by molar-refractivity contribution is 7.89. The van der Waals surface area contributed by atoms with E-state index in [1.807, 2.05) is 30.3 Å². The van der Waals surface area contributed by atoms with Gasteiger partial charge in [-0.05, 0) is 44.7 Å². The smallest absolute Gasteiger partial charge is 0.248 e. The van der Waals surface area contributed by atoms with Crippen LogP contribution in [0.15, 0.2) is 45.9 Å². The molecule has 31 heavy (non-hydrogen) atoms. The molecule has 4 rings (SSSR count). The van der Waals surface area contributed by atoms with Crippen LogP contribution in [0.4, 0.5) is 0 Å². The Morgan fingerprint density at radius 3 is 2.65 bits per heavy atom. The van der Waals surface area contributed by atoms with Gasteiger partial charge in [-0.25, -0.2) is 8.42 Å². The number of sulfonamides is 1. The molecule has 0 aliphatic carbocycles. The number of nitrogens with zero attached hydrogens (tertiary/aromatic N) is 3. The van der Waals surface area contributed by atoms with E-state index in [1.54, 1.807) is 20.0 Å². The molecule has 0 unspecified atom stereocenters. The summed E-state index contributed by atoms with van der Waals surface area (Å²) in [6.07, 6.45) is 3.45. The largest absolute Gasteiger partial charge is 0.360 e. The van der Waals surface area contributed by atoms with Crippen molar-refractivity contribution >= 4 is 26.8 Å². The Morgan fingerprint density at radius 1 is 1.19 bits per heavy atom. The number of rotatable bonds is 6. The Labute approximate surface area is 181 Å². The van der Waals surface area contributed by atoms with E-state index >= 15 is 0 Å². The lowest BCUT2D eigenvalue weighted by Gasteiger charge is -2.30. The summed E-state index contributed by atoms with van der Waals surface area (Å²) in [6, 6.07) is 9.98. The van der Waals surface area contributed by atoms with Crippen LogP contribution < -0.4 is 5.32 Å². The second-order valence-corrected chi connectivity index (χ2v) is 9.74. The molecule has 0 bridgehead atoms. The zero-order valence-electron chi connectivity index (χ0n) is 17.7. The van der Waals surface area contributed by atoms with Gasteiger partial charge in [0.1, 0.15) is 10.6 Å². The van der Waals surface area contributed by atoms with Gasteiger partial charge < -0.3 is 9.84 Å². The van der Waals surface area contributed by atoms with Gasteiger partial charge in [-0.1, -0.05) is 29.4 Å². The van der Waals surface area contributed by atoms with Crippen molar-refractivity contribution < 1.29 is 17.7 Å². The van der Waals surface area contributed by atoms with Crippen LogP contribution in [0.1, 0.15) is 29.9 Å². The first kappa shape index (κ1) is 21.5. The van der Waals surface area contributed by atoms with Crippen molar-refractivity contribution in [2.75, 3.05) is 19.6 Å². The third-order valence-corrected chi connectivity index (χ3v) is 7.94. The van der Waals surface area contributed by atoms with Gasteiger partial charge in [-0.15, -0.1) is 0 Å². The van der Waals surface area contributed by atoms with Crippen LogP contribution in [0.3, 0.4) is 0 Å². The fourth-order valence-corrected chi connectivity index (χ4v) is 5.93. The van der Waals surface area contributed by atoms with Gasteiger partial charge in [-0.2, -0.15) is 4.31 Å². The van der Waals surface area contributed by atoms with Crippen molar-refractivity contribution in [3.8, 4) is 0 Å². The second-order valence-electron chi connectivity index (χ2n) is 7.86.